The lowest BCUT2D eigenvalue weighted by Crippen LogP contribution is -2.28. The third-order valence-electron chi connectivity index (χ3n) is 2.70. The average Bonchev–Trinajstić information content (AvgIpc) is 2.33. The minimum Gasteiger partial charge on any atom is -0.397 e. The molecule has 0 aliphatic rings. The lowest BCUT2D eigenvalue weighted by Gasteiger charge is -2.21. The molecule has 0 bridgehead atoms. The van der Waals surface area contributed by atoms with Gasteiger partial charge in [-0.25, -0.2) is 0 Å². The van der Waals surface area contributed by atoms with Crippen LogP contribution in [0.3, 0.4) is 0 Å². The topological polar surface area (TPSA) is 56.5 Å². The van der Waals surface area contributed by atoms with Crippen LogP contribution in [0.2, 0.25) is 5.54 Å². The molecule has 3 N–H and O–H groups in total. The standard InChI is InChI=1S/C12H30N2O2Si/c1-4-15-17(16-5-2)12(3)8-6-10-14-11-7-9-13/h12,14,17H,4-11,13H2,1-3H3. The van der Waals surface area contributed by atoms with Crippen LogP contribution in [0.4, 0.5) is 0 Å². The van der Waals surface area contributed by atoms with E-state index in [9.17, 15) is 0 Å². The fraction of sp³-hybridized carbons (Fsp3) is 1.00. The second kappa shape index (κ2) is 12.5. The molecule has 0 saturated carbocycles. The first-order valence-corrected chi connectivity index (χ1v) is 8.51. The van der Waals surface area contributed by atoms with Gasteiger partial charge < -0.3 is 19.9 Å². The summed E-state index contributed by atoms with van der Waals surface area (Å²) < 4.78 is 11.4. The Balaban J connectivity index is 3.55. The van der Waals surface area contributed by atoms with Crippen molar-refractivity contribution in [3.63, 3.8) is 0 Å². The molecule has 5 heteroatoms. The largest absolute Gasteiger partial charge is 0.397 e. The number of hydrogen-bond acceptors (Lipinski definition) is 4. The molecule has 0 aliphatic heterocycles. The van der Waals surface area contributed by atoms with E-state index < -0.39 is 9.28 Å². The number of nitrogens with two attached hydrogens (primary N) is 1. The molecule has 4 nitrogen and oxygen atoms in total. The predicted octanol–water partition coefficient (Wildman–Crippen LogP) is 1.39. The van der Waals surface area contributed by atoms with E-state index in [0.29, 0.717) is 5.54 Å². The van der Waals surface area contributed by atoms with E-state index in [0.717, 1.165) is 39.3 Å². The molecule has 0 aliphatic carbocycles. The van der Waals surface area contributed by atoms with Crippen molar-refractivity contribution >= 4 is 9.28 Å². The summed E-state index contributed by atoms with van der Waals surface area (Å²) in [6, 6.07) is 0. The van der Waals surface area contributed by atoms with Crippen molar-refractivity contribution in [2.45, 2.75) is 45.6 Å². The van der Waals surface area contributed by atoms with E-state index in [2.05, 4.69) is 12.2 Å². The molecule has 0 heterocycles. The molecular weight excluding hydrogens is 232 g/mol. The van der Waals surface area contributed by atoms with Gasteiger partial charge in [0.05, 0.1) is 0 Å². The van der Waals surface area contributed by atoms with Crippen molar-refractivity contribution in [2.75, 3.05) is 32.8 Å². The van der Waals surface area contributed by atoms with Gasteiger partial charge in [-0.15, -0.1) is 0 Å². The summed E-state index contributed by atoms with van der Waals surface area (Å²) >= 11 is 0. The lowest BCUT2D eigenvalue weighted by atomic mass is 10.2. The highest BCUT2D eigenvalue weighted by molar-refractivity contribution is 6.46. The Kier molecular flexibility index (Phi) is 12.6. The minimum atomic E-state index is -1.44. The second-order valence-corrected chi connectivity index (χ2v) is 6.83. The Morgan fingerprint density at radius 3 is 2.24 bits per heavy atom. The van der Waals surface area contributed by atoms with Gasteiger partial charge in [-0.05, 0) is 58.3 Å². The zero-order valence-electron chi connectivity index (χ0n) is 11.7. The fourth-order valence-corrected chi connectivity index (χ4v) is 3.66. The lowest BCUT2D eigenvalue weighted by molar-refractivity contribution is 0.203. The zero-order chi connectivity index (χ0) is 12.9. The van der Waals surface area contributed by atoms with Gasteiger partial charge >= 0.3 is 9.28 Å². The average molecular weight is 262 g/mol. The van der Waals surface area contributed by atoms with Crippen LogP contribution in [-0.2, 0) is 8.85 Å². The van der Waals surface area contributed by atoms with Crippen LogP contribution in [0, 0.1) is 0 Å². The van der Waals surface area contributed by atoms with E-state index in [1.54, 1.807) is 0 Å². The molecule has 0 spiro atoms. The first kappa shape index (κ1) is 17.1. The summed E-state index contributed by atoms with van der Waals surface area (Å²) in [4.78, 5) is 0. The summed E-state index contributed by atoms with van der Waals surface area (Å²) in [6.07, 6.45) is 3.44. The molecule has 1 atom stereocenters. The second-order valence-electron chi connectivity index (χ2n) is 4.29. The molecule has 0 fully saturated rings. The molecule has 0 rings (SSSR count). The summed E-state index contributed by atoms with van der Waals surface area (Å²) in [7, 11) is -1.44. The van der Waals surface area contributed by atoms with E-state index >= 15 is 0 Å². The molecule has 104 valence electrons. The Bertz CT molecular complexity index is 155. The number of hydrogen-bond donors (Lipinski definition) is 2. The Labute approximate surface area is 108 Å². The van der Waals surface area contributed by atoms with Gasteiger partial charge in [-0.3, -0.25) is 0 Å². The van der Waals surface area contributed by atoms with Gasteiger partial charge in [0.2, 0.25) is 0 Å². The summed E-state index contributed by atoms with van der Waals surface area (Å²) in [5.41, 5.74) is 6.02. The van der Waals surface area contributed by atoms with E-state index in [4.69, 9.17) is 14.6 Å². The fourth-order valence-electron chi connectivity index (χ4n) is 1.74. The van der Waals surface area contributed by atoms with Gasteiger partial charge in [-0.1, -0.05) is 6.92 Å². The van der Waals surface area contributed by atoms with Crippen LogP contribution in [0.15, 0.2) is 0 Å². The monoisotopic (exact) mass is 262 g/mol. The molecule has 0 amide bonds. The number of rotatable bonds is 12. The van der Waals surface area contributed by atoms with Crippen LogP contribution in [0.25, 0.3) is 0 Å². The minimum absolute atomic E-state index is 0.589. The molecule has 1 unspecified atom stereocenters. The van der Waals surface area contributed by atoms with Crippen LogP contribution in [0.1, 0.15) is 40.0 Å². The van der Waals surface area contributed by atoms with Crippen LogP contribution < -0.4 is 11.1 Å². The highest BCUT2D eigenvalue weighted by Crippen LogP contribution is 2.18. The Morgan fingerprint density at radius 2 is 1.71 bits per heavy atom. The van der Waals surface area contributed by atoms with Crippen LogP contribution in [0.5, 0.6) is 0 Å². The Hall–Kier alpha value is 0.0569. The van der Waals surface area contributed by atoms with Crippen molar-refractivity contribution in [2.24, 2.45) is 5.73 Å². The van der Waals surface area contributed by atoms with Crippen molar-refractivity contribution in [3.05, 3.63) is 0 Å². The van der Waals surface area contributed by atoms with Gasteiger partial charge in [0.25, 0.3) is 0 Å². The van der Waals surface area contributed by atoms with Crippen molar-refractivity contribution in [1.29, 1.82) is 0 Å². The van der Waals surface area contributed by atoms with Crippen molar-refractivity contribution in [1.82, 2.24) is 5.32 Å². The van der Waals surface area contributed by atoms with Gasteiger partial charge in [-0.2, -0.15) is 0 Å². The third kappa shape index (κ3) is 9.73. The van der Waals surface area contributed by atoms with Crippen molar-refractivity contribution < 1.29 is 8.85 Å². The van der Waals surface area contributed by atoms with Crippen LogP contribution >= 0.6 is 0 Å². The zero-order valence-corrected chi connectivity index (χ0v) is 12.9. The third-order valence-corrected chi connectivity index (χ3v) is 5.28. The molecule has 0 radical (unpaired) electrons. The molecule has 0 saturated heterocycles. The highest BCUT2D eigenvalue weighted by atomic mass is 28.3. The summed E-state index contributed by atoms with van der Waals surface area (Å²) in [5.74, 6) is 0. The van der Waals surface area contributed by atoms with E-state index in [1.165, 1.54) is 12.8 Å². The summed E-state index contributed by atoms with van der Waals surface area (Å²) in [6.45, 7) is 10.8. The quantitative estimate of drug-likeness (QED) is 0.412. The molecular formula is C12H30N2O2Si. The SMILES string of the molecule is CCO[SiH](OCC)C(C)CCCNCCCN. The predicted molar refractivity (Wildman–Crippen MR) is 75.6 cm³/mol. The number of nitrogens with one attached hydrogen (secondary N) is 1. The van der Waals surface area contributed by atoms with Crippen molar-refractivity contribution in [3.8, 4) is 0 Å². The highest BCUT2D eigenvalue weighted by Gasteiger charge is 2.20. The maximum atomic E-state index is 5.72. The molecule has 0 aromatic rings. The first-order chi connectivity index (χ1) is 8.26. The molecule has 0 aromatic carbocycles. The van der Waals surface area contributed by atoms with Gasteiger partial charge in [0, 0.05) is 13.2 Å². The normalized spacial score (nSPS) is 13.2. The Morgan fingerprint density at radius 1 is 1.12 bits per heavy atom. The summed E-state index contributed by atoms with van der Waals surface area (Å²) in [5, 5.41) is 3.40. The maximum Gasteiger partial charge on any atom is 0.324 e. The molecule has 0 aromatic heterocycles. The maximum absolute atomic E-state index is 5.72. The smallest absolute Gasteiger partial charge is 0.324 e. The van der Waals surface area contributed by atoms with Crippen LogP contribution in [-0.4, -0.2) is 42.1 Å². The van der Waals surface area contributed by atoms with E-state index in [-0.39, 0.29) is 0 Å². The first-order valence-electron chi connectivity index (χ1n) is 6.90. The molecule has 17 heavy (non-hydrogen) atoms. The van der Waals surface area contributed by atoms with Gasteiger partial charge in [0.1, 0.15) is 0 Å². The van der Waals surface area contributed by atoms with E-state index in [1.807, 2.05) is 13.8 Å². The van der Waals surface area contributed by atoms with Gasteiger partial charge in [0.15, 0.2) is 0 Å².